The van der Waals surface area contributed by atoms with Gasteiger partial charge in [-0.15, -0.1) is 0 Å². The second-order valence-corrected chi connectivity index (χ2v) is 7.82. The van der Waals surface area contributed by atoms with Crippen LogP contribution in [0.1, 0.15) is 32.8 Å². The Morgan fingerprint density at radius 3 is 2.68 bits per heavy atom. The number of benzene rings is 1. The first-order chi connectivity index (χ1) is 13.2. The minimum absolute atomic E-state index is 0.0593. The highest BCUT2D eigenvalue weighted by Crippen LogP contribution is 2.35. The van der Waals surface area contributed by atoms with Crippen LogP contribution in [0.5, 0.6) is 11.6 Å². The third kappa shape index (κ3) is 4.81. The van der Waals surface area contributed by atoms with Gasteiger partial charge in [0.1, 0.15) is 5.60 Å². The maximum absolute atomic E-state index is 14.1. The van der Waals surface area contributed by atoms with Crippen LogP contribution < -0.4 is 4.74 Å². The molecule has 0 radical (unpaired) electrons. The third-order valence-electron chi connectivity index (χ3n) is 4.10. The average Bonchev–Trinajstić information content (AvgIpc) is 2.64. The average molecular weight is 405 g/mol. The molecule has 0 atom stereocenters. The molecule has 28 heavy (non-hydrogen) atoms. The lowest BCUT2D eigenvalue weighted by Gasteiger charge is -2.29. The highest BCUT2D eigenvalue weighted by molar-refractivity contribution is 6.32. The van der Waals surface area contributed by atoms with Crippen LogP contribution >= 0.6 is 11.6 Å². The minimum Gasteiger partial charge on any atom is -0.444 e. The molecule has 5 nitrogen and oxygen atoms in total. The molecule has 1 aromatic heterocycles. The zero-order valence-electron chi connectivity index (χ0n) is 16.0. The number of nitrogens with zero attached hydrogens (tertiary/aromatic N) is 2. The molecule has 148 valence electrons. The summed E-state index contributed by atoms with van der Waals surface area (Å²) in [5.41, 5.74) is 1.17. The molecular formula is C21H22ClFN2O3. The molecule has 1 aliphatic heterocycles. The Hall–Kier alpha value is -2.60. The maximum atomic E-state index is 14.1. The van der Waals surface area contributed by atoms with Crippen molar-refractivity contribution < 1.29 is 18.7 Å². The van der Waals surface area contributed by atoms with E-state index in [1.165, 1.54) is 12.1 Å². The monoisotopic (exact) mass is 404 g/mol. The van der Waals surface area contributed by atoms with E-state index in [2.05, 4.69) is 4.98 Å². The molecule has 0 fully saturated rings. The van der Waals surface area contributed by atoms with Crippen LogP contribution in [0.2, 0.25) is 5.02 Å². The molecule has 1 amide bonds. The van der Waals surface area contributed by atoms with E-state index >= 15 is 0 Å². The fraction of sp³-hybridized carbons (Fsp3) is 0.333. The molecule has 1 aliphatic rings. The van der Waals surface area contributed by atoms with Gasteiger partial charge in [-0.1, -0.05) is 23.7 Å². The van der Waals surface area contributed by atoms with Gasteiger partial charge in [0.2, 0.25) is 5.88 Å². The standard InChI is InChI=1S/C21H22ClFN2O3/c1-21(2,3)28-20(26)25-12-9-14(10-13-25)15-6-5-11-24-19(15)27-18-16(22)7-4-8-17(18)23/h4-9,11H,10,12-13H2,1-3H3. The van der Waals surface area contributed by atoms with Crippen LogP contribution in [0.25, 0.3) is 5.57 Å². The van der Waals surface area contributed by atoms with E-state index in [0.29, 0.717) is 19.5 Å². The largest absolute Gasteiger partial charge is 0.444 e. The van der Waals surface area contributed by atoms with Gasteiger partial charge in [-0.2, -0.15) is 0 Å². The zero-order chi connectivity index (χ0) is 20.3. The molecule has 0 aliphatic carbocycles. The summed E-state index contributed by atoms with van der Waals surface area (Å²) < 4.78 is 25.2. The highest BCUT2D eigenvalue weighted by Gasteiger charge is 2.25. The van der Waals surface area contributed by atoms with Gasteiger partial charge in [-0.05, 0) is 57.0 Å². The Morgan fingerprint density at radius 1 is 1.25 bits per heavy atom. The topological polar surface area (TPSA) is 51.7 Å². The number of ether oxygens (including phenoxy) is 2. The van der Waals surface area contributed by atoms with E-state index in [4.69, 9.17) is 21.1 Å². The number of hydrogen-bond donors (Lipinski definition) is 0. The predicted molar refractivity (Wildman–Crippen MR) is 106 cm³/mol. The minimum atomic E-state index is -0.558. The summed E-state index contributed by atoms with van der Waals surface area (Å²) in [6.07, 6.45) is 3.76. The molecule has 0 spiro atoms. The van der Waals surface area contributed by atoms with Crippen molar-refractivity contribution >= 4 is 23.3 Å². The first-order valence-corrected chi connectivity index (χ1v) is 9.36. The van der Waals surface area contributed by atoms with Gasteiger partial charge >= 0.3 is 6.09 Å². The molecule has 0 N–H and O–H groups in total. The molecule has 0 saturated carbocycles. The number of amides is 1. The second-order valence-electron chi connectivity index (χ2n) is 7.41. The fourth-order valence-corrected chi connectivity index (χ4v) is 3.00. The van der Waals surface area contributed by atoms with Crippen LogP contribution in [0.15, 0.2) is 42.6 Å². The van der Waals surface area contributed by atoms with Crippen molar-refractivity contribution in [3.8, 4) is 11.6 Å². The maximum Gasteiger partial charge on any atom is 0.410 e. The Balaban J connectivity index is 1.79. The molecule has 2 aromatic rings. The molecular weight excluding hydrogens is 383 g/mol. The summed E-state index contributed by atoms with van der Waals surface area (Å²) in [5.74, 6) is -0.347. The van der Waals surface area contributed by atoms with Crippen LogP contribution in [0, 0.1) is 5.82 Å². The fourth-order valence-electron chi connectivity index (χ4n) is 2.80. The van der Waals surface area contributed by atoms with E-state index in [1.54, 1.807) is 23.2 Å². The van der Waals surface area contributed by atoms with Gasteiger partial charge in [-0.3, -0.25) is 0 Å². The van der Waals surface area contributed by atoms with Gasteiger partial charge in [0.15, 0.2) is 11.6 Å². The number of hydrogen-bond acceptors (Lipinski definition) is 4. The molecule has 7 heteroatoms. The van der Waals surface area contributed by atoms with E-state index in [0.717, 1.165) is 11.1 Å². The highest BCUT2D eigenvalue weighted by atomic mass is 35.5. The van der Waals surface area contributed by atoms with Gasteiger partial charge in [0.25, 0.3) is 0 Å². The molecule has 1 aromatic carbocycles. The normalized spacial score (nSPS) is 14.5. The number of aromatic nitrogens is 1. The van der Waals surface area contributed by atoms with Gasteiger partial charge in [-0.25, -0.2) is 14.2 Å². The summed E-state index contributed by atoms with van der Waals surface area (Å²) >= 11 is 6.06. The van der Waals surface area contributed by atoms with Crippen molar-refractivity contribution in [1.82, 2.24) is 9.88 Å². The Kier molecular flexibility index (Phi) is 5.89. The van der Waals surface area contributed by atoms with Crippen molar-refractivity contribution in [2.45, 2.75) is 32.8 Å². The van der Waals surface area contributed by atoms with Crippen LogP contribution in [0.4, 0.5) is 9.18 Å². The summed E-state index contributed by atoms with van der Waals surface area (Å²) in [6.45, 7) is 6.43. The number of para-hydroxylation sites is 1. The Morgan fingerprint density at radius 2 is 2.04 bits per heavy atom. The van der Waals surface area contributed by atoms with Crippen molar-refractivity contribution in [2.24, 2.45) is 0 Å². The summed E-state index contributed by atoms with van der Waals surface area (Å²) in [6, 6.07) is 7.99. The molecule has 2 heterocycles. The number of pyridine rings is 1. The zero-order valence-corrected chi connectivity index (χ0v) is 16.8. The molecule has 0 unspecified atom stereocenters. The molecule has 0 saturated heterocycles. The van der Waals surface area contributed by atoms with Gasteiger partial charge < -0.3 is 14.4 Å². The number of halogens is 2. The SMILES string of the molecule is CC(C)(C)OC(=O)N1CC=C(c2cccnc2Oc2c(F)cccc2Cl)CC1. The number of rotatable bonds is 3. The number of carbonyl (C=O) groups is 1. The van der Waals surface area contributed by atoms with Crippen molar-refractivity contribution in [3.05, 3.63) is 59.0 Å². The predicted octanol–water partition coefficient (Wildman–Crippen LogP) is 5.69. The molecule has 3 rings (SSSR count). The quantitative estimate of drug-likeness (QED) is 0.659. The first-order valence-electron chi connectivity index (χ1n) is 8.99. The van der Waals surface area contributed by atoms with Crippen molar-refractivity contribution in [3.63, 3.8) is 0 Å². The van der Waals surface area contributed by atoms with E-state index in [9.17, 15) is 9.18 Å². The summed E-state index contributed by atoms with van der Waals surface area (Å²) in [4.78, 5) is 18.1. The Bertz CT molecular complexity index is 889. The van der Waals surface area contributed by atoms with Crippen molar-refractivity contribution in [2.75, 3.05) is 13.1 Å². The Labute approximate surface area is 168 Å². The van der Waals surface area contributed by atoms with Gasteiger partial charge in [0.05, 0.1) is 5.02 Å². The van der Waals surface area contributed by atoms with Crippen molar-refractivity contribution in [1.29, 1.82) is 0 Å². The van der Waals surface area contributed by atoms with Crippen LogP contribution in [-0.4, -0.2) is 34.7 Å². The van der Waals surface area contributed by atoms with E-state index < -0.39 is 11.4 Å². The van der Waals surface area contributed by atoms with Crippen LogP contribution in [0.3, 0.4) is 0 Å². The lowest BCUT2D eigenvalue weighted by atomic mass is 10.0. The van der Waals surface area contributed by atoms with E-state index in [1.807, 2.05) is 32.9 Å². The summed E-state index contributed by atoms with van der Waals surface area (Å²) in [5, 5.41) is 0.172. The lowest BCUT2D eigenvalue weighted by molar-refractivity contribution is 0.0270. The van der Waals surface area contributed by atoms with Crippen LogP contribution in [-0.2, 0) is 4.74 Å². The third-order valence-corrected chi connectivity index (χ3v) is 4.39. The number of carbonyl (C=O) groups excluding carboxylic acids is 1. The second kappa shape index (κ2) is 8.19. The van der Waals surface area contributed by atoms with E-state index in [-0.39, 0.29) is 22.7 Å². The molecule has 0 bridgehead atoms. The van der Waals surface area contributed by atoms with Gasteiger partial charge in [0, 0.05) is 24.8 Å². The first kappa shape index (κ1) is 20.1. The smallest absolute Gasteiger partial charge is 0.410 e. The lowest BCUT2D eigenvalue weighted by Crippen LogP contribution is -2.39. The summed E-state index contributed by atoms with van der Waals surface area (Å²) in [7, 11) is 0.